The molecule has 4 heteroatoms. The highest BCUT2D eigenvalue weighted by atomic mass is 16.5. The lowest BCUT2D eigenvalue weighted by molar-refractivity contribution is 0.102. The first-order valence-electron chi connectivity index (χ1n) is 6.62. The standard InChI is InChI=1S/C17H15NO3/c1-11-16(17(19)18-12-6-4-3-5-7-12)14-10-13(20-2)8-9-15(14)21-11/h3-10H,1-2H3,(H,18,19). The Morgan fingerprint density at radius 3 is 2.62 bits per heavy atom. The molecule has 2 aromatic carbocycles. The third-order valence-corrected chi connectivity index (χ3v) is 3.33. The highest BCUT2D eigenvalue weighted by Gasteiger charge is 2.18. The summed E-state index contributed by atoms with van der Waals surface area (Å²) in [4.78, 5) is 12.5. The third-order valence-electron chi connectivity index (χ3n) is 3.33. The molecule has 21 heavy (non-hydrogen) atoms. The van der Waals surface area contributed by atoms with E-state index in [0.29, 0.717) is 22.7 Å². The summed E-state index contributed by atoms with van der Waals surface area (Å²) in [6.07, 6.45) is 0. The van der Waals surface area contributed by atoms with Crippen LogP contribution in [0.1, 0.15) is 16.1 Å². The van der Waals surface area contributed by atoms with Gasteiger partial charge >= 0.3 is 0 Å². The lowest BCUT2D eigenvalue weighted by atomic mass is 10.1. The quantitative estimate of drug-likeness (QED) is 0.789. The first kappa shape index (κ1) is 13.2. The maximum atomic E-state index is 12.5. The van der Waals surface area contributed by atoms with Crippen molar-refractivity contribution in [3.8, 4) is 5.75 Å². The molecule has 0 bridgehead atoms. The Morgan fingerprint density at radius 2 is 1.90 bits per heavy atom. The van der Waals surface area contributed by atoms with Gasteiger partial charge in [-0.1, -0.05) is 18.2 Å². The van der Waals surface area contributed by atoms with Gasteiger partial charge in [-0.3, -0.25) is 4.79 Å². The molecule has 0 aliphatic rings. The molecule has 3 aromatic rings. The molecule has 106 valence electrons. The van der Waals surface area contributed by atoms with E-state index in [1.54, 1.807) is 20.1 Å². The van der Waals surface area contributed by atoms with Crippen LogP contribution in [-0.4, -0.2) is 13.0 Å². The van der Waals surface area contributed by atoms with E-state index in [0.717, 1.165) is 11.1 Å². The molecule has 0 atom stereocenters. The van der Waals surface area contributed by atoms with E-state index in [-0.39, 0.29) is 5.91 Å². The van der Waals surface area contributed by atoms with Crippen LogP contribution in [0.15, 0.2) is 52.9 Å². The maximum absolute atomic E-state index is 12.5. The number of anilines is 1. The van der Waals surface area contributed by atoms with Crippen LogP contribution in [0, 0.1) is 6.92 Å². The molecular formula is C17H15NO3. The number of para-hydroxylation sites is 1. The first-order chi connectivity index (χ1) is 10.2. The summed E-state index contributed by atoms with van der Waals surface area (Å²) in [7, 11) is 1.60. The minimum Gasteiger partial charge on any atom is -0.497 e. The molecule has 0 saturated carbocycles. The van der Waals surface area contributed by atoms with Crippen molar-refractivity contribution in [1.82, 2.24) is 0 Å². The number of nitrogens with one attached hydrogen (secondary N) is 1. The van der Waals surface area contributed by atoms with E-state index in [9.17, 15) is 4.79 Å². The highest BCUT2D eigenvalue weighted by Crippen LogP contribution is 2.29. The normalized spacial score (nSPS) is 10.6. The van der Waals surface area contributed by atoms with Crippen LogP contribution in [0.3, 0.4) is 0 Å². The van der Waals surface area contributed by atoms with E-state index in [1.807, 2.05) is 42.5 Å². The SMILES string of the molecule is COc1ccc2oc(C)c(C(=O)Nc3ccccc3)c2c1. The van der Waals surface area contributed by atoms with Crippen molar-refractivity contribution in [3.63, 3.8) is 0 Å². The van der Waals surface area contributed by atoms with Gasteiger partial charge in [0.25, 0.3) is 5.91 Å². The summed E-state index contributed by atoms with van der Waals surface area (Å²) < 4.78 is 10.9. The molecular weight excluding hydrogens is 266 g/mol. The second-order valence-corrected chi connectivity index (χ2v) is 4.72. The van der Waals surface area contributed by atoms with Crippen LogP contribution < -0.4 is 10.1 Å². The summed E-state index contributed by atoms with van der Waals surface area (Å²) in [5.41, 5.74) is 1.96. The van der Waals surface area contributed by atoms with Crippen LogP contribution in [0.25, 0.3) is 11.0 Å². The average molecular weight is 281 g/mol. The molecule has 0 aliphatic heterocycles. The molecule has 1 amide bonds. The number of hydrogen-bond donors (Lipinski definition) is 1. The van der Waals surface area contributed by atoms with Gasteiger partial charge < -0.3 is 14.5 Å². The zero-order valence-corrected chi connectivity index (χ0v) is 11.8. The number of methoxy groups -OCH3 is 1. The average Bonchev–Trinajstić information content (AvgIpc) is 2.83. The fourth-order valence-electron chi connectivity index (χ4n) is 2.32. The van der Waals surface area contributed by atoms with Gasteiger partial charge in [-0.15, -0.1) is 0 Å². The largest absolute Gasteiger partial charge is 0.497 e. The summed E-state index contributed by atoms with van der Waals surface area (Å²) in [6, 6.07) is 14.8. The number of carbonyl (C=O) groups is 1. The van der Waals surface area contributed by atoms with Crippen LogP contribution in [0.2, 0.25) is 0 Å². The Labute approximate surface area is 122 Å². The van der Waals surface area contributed by atoms with Crippen LogP contribution in [0.5, 0.6) is 5.75 Å². The molecule has 1 N–H and O–H groups in total. The number of benzene rings is 2. The van der Waals surface area contributed by atoms with E-state index < -0.39 is 0 Å². The topological polar surface area (TPSA) is 51.5 Å². The van der Waals surface area contributed by atoms with Gasteiger partial charge in [0.05, 0.1) is 12.7 Å². The predicted molar refractivity (Wildman–Crippen MR) is 81.9 cm³/mol. The molecule has 0 spiro atoms. The minimum atomic E-state index is -0.189. The van der Waals surface area contributed by atoms with Crippen molar-refractivity contribution in [3.05, 3.63) is 59.9 Å². The number of fused-ring (bicyclic) bond motifs is 1. The minimum absolute atomic E-state index is 0.189. The van der Waals surface area contributed by atoms with Gasteiger partial charge in [0.1, 0.15) is 17.1 Å². The molecule has 1 aromatic heterocycles. The summed E-state index contributed by atoms with van der Waals surface area (Å²) >= 11 is 0. The zero-order chi connectivity index (χ0) is 14.8. The molecule has 0 aliphatic carbocycles. The molecule has 0 fully saturated rings. The number of ether oxygens (including phenoxy) is 1. The van der Waals surface area contributed by atoms with Gasteiger partial charge in [0.15, 0.2) is 0 Å². The van der Waals surface area contributed by atoms with Gasteiger partial charge in [-0.05, 0) is 37.3 Å². The van der Waals surface area contributed by atoms with Crippen molar-refractivity contribution >= 4 is 22.6 Å². The summed E-state index contributed by atoms with van der Waals surface area (Å²) in [5, 5.41) is 3.63. The van der Waals surface area contributed by atoms with Crippen molar-refractivity contribution < 1.29 is 13.9 Å². The number of aryl methyl sites for hydroxylation is 1. The fourth-order valence-corrected chi connectivity index (χ4v) is 2.32. The van der Waals surface area contributed by atoms with E-state index in [2.05, 4.69) is 5.32 Å². The number of hydrogen-bond acceptors (Lipinski definition) is 3. The zero-order valence-electron chi connectivity index (χ0n) is 11.8. The van der Waals surface area contributed by atoms with E-state index in [1.165, 1.54) is 0 Å². The fraction of sp³-hybridized carbons (Fsp3) is 0.118. The monoisotopic (exact) mass is 281 g/mol. The predicted octanol–water partition coefficient (Wildman–Crippen LogP) is 4.00. The molecule has 0 radical (unpaired) electrons. The van der Waals surface area contributed by atoms with Crippen LogP contribution >= 0.6 is 0 Å². The lowest BCUT2D eigenvalue weighted by Crippen LogP contribution is -2.12. The van der Waals surface area contributed by atoms with Gasteiger partial charge in [0.2, 0.25) is 0 Å². The number of furan rings is 1. The Bertz CT molecular complexity index is 790. The second-order valence-electron chi connectivity index (χ2n) is 4.72. The molecule has 4 nitrogen and oxygen atoms in total. The van der Waals surface area contributed by atoms with Crippen molar-refractivity contribution in [2.75, 3.05) is 12.4 Å². The van der Waals surface area contributed by atoms with Crippen molar-refractivity contribution in [2.24, 2.45) is 0 Å². The maximum Gasteiger partial charge on any atom is 0.259 e. The Morgan fingerprint density at radius 1 is 1.14 bits per heavy atom. The summed E-state index contributed by atoms with van der Waals surface area (Å²) in [5.74, 6) is 1.09. The van der Waals surface area contributed by atoms with Gasteiger partial charge in [-0.2, -0.15) is 0 Å². The highest BCUT2D eigenvalue weighted by molar-refractivity contribution is 6.13. The Kier molecular flexibility index (Phi) is 3.36. The molecule has 0 saturated heterocycles. The first-order valence-corrected chi connectivity index (χ1v) is 6.62. The number of amides is 1. The second kappa shape index (κ2) is 5.32. The number of rotatable bonds is 3. The van der Waals surface area contributed by atoms with E-state index >= 15 is 0 Å². The van der Waals surface area contributed by atoms with Crippen LogP contribution in [-0.2, 0) is 0 Å². The van der Waals surface area contributed by atoms with E-state index in [4.69, 9.17) is 9.15 Å². The Balaban J connectivity index is 2.02. The summed E-state index contributed by atoms with van der Waals surface area (Å²) in [6.45, 7) is 1.78. The van der Waals surface area contributed by atoms with Gasteiger partial charge in [-0.25, -0.2) is 0 Å². The smallest absolute Gasteiger partial charge is 0.259 e. The lowest BCUT2D eigenvalue weighted by Gasteiger charge is -2.05. The molecule has 1 heterocycles. The van der Waals surface area contributed by atoms with Gasteiger partial charge in [0, 0.05) is 11.1 Å². The number of carbonyl (C=O) groups excluding carboxylic acids is 1. The Hall–Kier alpha value is -2.75. The third kappa shape index (κ3) is 2.48. The van der Waals surface area contributed by atoms with Crippen LogP contribution in [0.4, 0.5) is 5.69 Å². The molecule has 3 rings (SSSR count). The van der Waals surface area contributed by atoms with Crippen molar-refractivity contribution in [2.45, 2.75) is 6.92 Å². The van der Waals surface area contributed by atoms with Crippen molar-refractivity contribution in [1.29, 1.82) is 0 Å². The molecule has 0 unspecified atom stereocenters.